The average molecular weight is 352 g/mol. The van der Waals surface area contributed by atoms with E-state index in [-0.39, 0.29) is 12.1 Å². The highest BCUT2D eigenvalue weighted by atomic mass is 32.1. The third-order valence-electron chi connectivity index (χ3n) is 3.57. The second-order valence-corrected chi connectivity index (χ2v) is 6.16. The number of carbonyl (C=O) groups excluding carboxylic acids is 1. The van der Waals surface area contributed by atoms with Gasteiger partial charge in [-0.05, 0) is 23.6 Å². The number of aromatic nitrogens is 3. The molecule has 4 heterocycles. The van der Waals surface area contributed by atoms with Gasteiger partial charge < -0.3 is 9.73 Å². The third kappa shape index (κ3) is 2.94. The SMILES string of the molecule is O=C(NCc1coc(-c2cccs2)n1)c1cnc2ccccn2c1=O. The highest BCUT2D eigenvalue weighted by Crippen LogP contribution is 2.23. The molecule has 0 aliphatic rings. The second kappa shape index (κ2) is 6.33. The molecule has 0 atom stereocenters. The van der Waals surface area contributed by atoms with Gasteiger partial charge in [-0.25, -0.2) is 9.97 Å². The van der Waals surface area contributed by atoms with Crippen LogP contribution < -0.4 is 10.9 Å². The van der Waals surface area contributed by atoms with Gasteiger partial charge in [0.05, 0.1) is 17.1 Å². The van der Waals surface area contributed by atoms with Crippen LogP contribution in [-0.4, -0.2) is 20.3 Å². The van der Waals surface area contributed by atoms with Gasteiger partial charge >= 0.3 is 0 Å². The maximum atomic E-state index is 12.4. The van der Waals surface area contributed by atoms with Crippen LogP contribution in [0.4, 0.5) is 0 Å². The van der Waals surface area contributed by atoms with Crippen molar-refractivity contribution in [2.45, 2.75) is 6.54 Å². The van der Waals surface area contributed by atoms with Crippen molar-refractivity contribution < 1.29 is 9.21 Å². The number of carbonyl (C=O) groups is 1. The van der Waals surface area contributed by atoms with Gasteiger partial charge in [0.1, 0.15) is 17.5 Å². The van der Waals surface area contributed by atoms with E-state index in [0.717, 1.165) is 4.88 Å². The number of thiophene rings is 1. The van der Waals surface area contributed by atoms with Crippen molar-refractivity contribution in [2.75, 3.05) is 0 Å². The first-order chi connectivity index (χ1) is 12.2. The lowest BCUT2D eigenvalue weighted by Gasteiger charge is -2.04. The Labute approximate surface area is 145 Å². The number of pyridine rings is 1. The Morgan fingerprint density at radius 1 is 1.28 bits per heavy atom. The minimum absolute atomic E-state index is 0.0225. The summed E-state index contributed by atoms with van der Waals surface area (Å²) in [6, 6.07) is 8.99. The molecule has 4 aromatic heterocycles. The maximum absolute atomic E-state index is 12.4. The summed E-state index contributed by atoms with van der Waals surface area (Å²) >= 11 is 1.52. The van der Waals surface area contributed by atoms with Crippen molar-refractivity contribution in [3.05, 3.63) is 76.0 Å². The van der Waals surface area contributed by atoms with Crippen molar-refractivity contribution >= 4 is 22.9 Å². The van der Waals surface area contributed by atoms with Gasteiger partial charge in [-0.3, -0.25) is 14.0 Å². The monoisotopic (exact) mass is 352 g/mol. The molecule has 0 aromatic carbocycles. The molecule has 4 aromatic rings. The molecule has 0 radical (unpaired) electrons. The van der Waals surface area contributed by atoms with Gasteiger partial charge in [0, 0.05) is 12.4 Å². The van der Waals surface area contributed by atoms with Crippen LogP contribution in [0.15, 0.2) is 63.6 Å². The minimum Gasteiger partial charge on any atom is -0.443 e. The average Bonchev–Trinajstić information content (AvgIpc) is 3.31. The normalized spacial score (nSPS) is 10.9. The summed E-state index contributed by atoms with van der Waals surface area (Å²) in [6.07, 6.45) is 4.35. The fraction of sp³-hybridized carbons (Fsp3) is 0.0588. The summed E-state index contributed by atoms with van der Waals surface area (Å²) in [5, 5.41) is 4.60. The molecule has 0 saturated carbocycles. The molecule has 7 nitrogen and oxygen atoms in total. The molecule has 0 unspecified atom stereocenters. The number of fused-ring (bicyclic) bond motifs is 1. The van der Waals surface area contributed by atoms with Gasteiger partial charge in [0.2, 0.25) is 5.89 Å². The van der Waals surface area contributed by atoms with Crippen molar-refractivity contribution in [3.63, 3.8) is 0 Å². The molecular formula is C17H12N4O3S. The fourth-order valence-electron chi connectivity index (χ4n) is 2.35. The molecule has 8 heteroatoms. The predicted molar refractivity (Wildman–Crippen MR) is 92.4 cm³/mol. The number of amides is 1. The number of nitrogens with zero attached hydrogens (tertiary/aromatic N) is 3. The zero-order valence-corrected chi connectivity index (χ0v) is 13.7. The molecule has 124 valence electrons. The first-order valence-electron chi connectivity index (χ1n) is 7.45. The molecule has 25 heavy (non-hydrogen) atoms. The van der Waals surface area contributed by atoms with Crippen LogP contribution in [-0.2, 0) is 6.54 Å². The van der Waals surface area contributed by atoms with Gasteiger partial charge in [0.15, 0.2) is 0 Å². The molecule has 0 spiro atoms. The molecule has 0 fully saturated rings. The van der Waals surface area contributed by atoms with E-state index in [1.165, 1.54) is 28.2 Å². The molecule has 1 N–H and O–H groups in total. The minimum atomic E-state index is -0.503. The lowest BCUT2D eigenvalue weighted by atomic mass is 10.3. The summed E-state index contributed by atoms with van der Waals surface area (Å²) < 4.78 is 6.73. The Hall–Kier alpha value is -3.26. The highest BCUT2D eigenvalue weighted by molar-refractivity contribution is 7.13. The van der Waals surface area contributed by atoms with Gasteiger partial charge in [-0.2, -0.15) is 0 Å². The highest BCUT2D eigenvalue weighted by Gasteiger charge is 2.14. The topological polar surface area (TPSA) is 89.5 Å². The lowest BCUT2D eigenvalue weighted by Crippen LogP contribution is -2.31. The summed E-state index contributed by atoms with van der Waals surface area (Å²) in [4.78, 5) is 34.0. The van der Waals surface area contributed by atoms with E-state index in [4.69, 9.17) is 4.42 Å². The quantitative estimate of drug-likeness (QED) is 0.609. The van der Waals surface area contributed by atoms with E-state index >= 15 is 0 Å². The maximum Gasteiger partial charge on any atom is 0.270 e. The largest absolute Gasteiger partial charge is 0.443 e. The number of hydrogen-bond donors (Lipinski definition) is 1. The summed E-state index contributed by atoms with van der Waals surface area (Å²) in [7, 11) is 0. The zero-order valence-electron chi connectivity index (χ0n) is 12.9. The van der Waals surface area contributed by atoms with Crippen molar-refractivity contribution in [2.24, 2.45) is 0 Å². The standard InChI is InChI=1S/C17H12N4O3S/c22-15(12-9-18-14-5-1-2-6-21(14)17(12)23)19-8-11-10-24-16(20-11)13-4-3-7-25-13/h1-7,9-10H,8H2,(H,19,22). The van der Waals surface area contributed by atoms with Crippen LogP contribution in [0.25, 0.3) is 16.4 Å². The lowest BCUT2D eigenvalue weighted by molar-refractivity contribution is 0.0948. The van der Waals surface area contributed by atoms with Gasteiger partial charge in [0.25, 0.3) is 11.5 Å². The molecule has 0 aliphatic heterocycles. The Morgan fingerprint density at radius 3 is 3.04 bits per heavy atom. The molecule has 0 bridgehead atoms. The van der Waals surface area contributed by atoms with Crippen LogP contribution in [0.2, 0.25) is 0 Å². The van der Waals surface area contributed by atoms with Gasteiger partial charge in [-0.15, -0.1) is 11.3 Å². The Balaban J connectivity index is 1.51. The van der Waals surface area contributed by atoms with E-state index in [0.29, 0.717) is 17.2 Å². The van der Waals surface area contributed by atoms with Crippen molar-refractivity contribution in [1.29, 1.82) is 0 Å². The van der Waals surface area contributed by atoms with E-state index < -0.39 is 11.5 Å². The van der Waals surface area contributed by atoms with E-state index in [2.05, 4.69) is 15.3 Å². The fourth-order valence-corrected chi connectivity index (χ4v) is 3.01. The molecule has 0 aliphatic carbocycles. The van der Waals surface area contributed by atoms with Crippen LogP contribution in [0.5, 0.6) is 0 Å². The predicted octanol–water partition coefficient (Wildman–Crippen LogP) is 2.34. The molecular weight excluding hydrogens is 340 g/mol. The summed E-state index contributed by atoms with van der Waals surface area (Å²) in [5.41, 5.74) is 0.625. The van der Waals surface area contributed by atoms with Crippen LogP contribution in [0.1, 0.15) is 16.1 Å². The number of nitrogens with one attached hydrogen (secondary N) is 1. The van der Waals surface area contributed by atoms with E-state index in [1.54, 1.807) is 24.4 Å². The first kappa shape index (κ1) is 15.3. The molecule has 4 rings (SSSR count). The van der Waals surface area contributed by atoms with E-state index in [9.17, 15) is 9.59 Å². The first-order valence-corrected chi connectivity index (χ1v) is 8.33. The Kier molecular flexibility index (Phi) is 3.87. The zero-order chi connectivity index (χ0) is 17.2. The van der Waals surface area contributed by atoms with Crippen LogP contribution in [0, 0.1) is 0 Å². The van der Waals surface area contributed by atoms with Crippen molar-refractivity contribution in [3.8, 4) is 10.8 Å². The molecule has 1 amide bonds. The third-order valence-corrected chi connectivity index (χ3v) is 4.43. The summed E-state index contributed by atoms with van der Waals surface area (Å²) in [5.74, 6) is 0.00289. The van der Waals surface area contributed by atoms with Crippen LogP contribution >= 0.6 is 11.3 Å². The Morgan fingerprint density at radius 2 is 2.20 bits per heavy atom. The number of rotatable bonds is 4. The number of hydrogen-bond acceptors (Lipinski definition) is 6. The molecule has 0 saturated heterocycles. The smallest absolute Gasteiger partial charge is 0.270 e. The summed E-state index contributed by atoms with van der Waals surface area (Å²) in [6.45, 7) is 0.157. The van der Waals surface area contributed by atoms with Crippen LogP contribution in [0.3, 0.4) is 0 Å². The number of oxazole rings is 1. The van der Waals surface area contributed by atoms with E-state index in [1.807, 2.05) is 17.5 Å². The van der Waals surface area contributed by atoms with Gasteiger partial charge in [-0.1, -0.05) is 12.1 Å². The Bertz CT molecular complexity index is 1100. The van der Waals surface area contributed by atoms with Crippen molar-refractivity contribution in [1.82, 2.24) is 19.7 Å². The second-order valence-electron chi connectivity index (χ2n) is 5.21.